The monoisotopic (exact) mass is 240 g/mol. The summed E-state index contributed by atoms with van der Waals surface area (Å²) in [7, 11) is 0. The smallest absolute Gasteiger partial charge is 0.232 e. The first-order valence-electron chi connectivity index (χ1n) is 5.74. The van der Waals surface area contributed by atoms with Gasteiger partial charge in [0.2, 0.25) is 5.78 Å². The molecule has 1 aliphatic rings. The van der Waals surface area contributed by atoms with E-state index in [2.05, 4.69) is 0 Å². The molecule has 0 radical (unpaired) electrons. The predicted molar refractivity (Wildman–Crippen MR) is 67.6 cm³/mol. The van der Waals surface area contributed by atoms with Gasteiger partial charge >= 0.3 is 0 Å². The van der Waals surface area contributed by atoms with Gasteiger partial charge in [0.15, 0.2) is 5.76 Å². The van der Waals surface area contributed by atoms with Crippen LogP contribution >= 0.6 is 0 Å². The Hall–Kier alpha value is -2.29. The Labute approximate surface area is 105 Å². The van der Waals surface area contributed by atoms with E-state index in [9.17, 15) is 4.79 Å². The lowest BCUT2D eigenvalue weighted by molar-refractivity contribution is 0.101. The average molecular weight is 240 g/mol. The number of ketones is 1. The van der Waals surface area contributed by atoms with Crippen molar-refractivity contribution in [3.8, 4) is 5.75 Å². The molecule has 0 spiro atoms. The number of carbonyl (C=O) groups excluding carboxylic acids is 1. The van der Waals surface area contributed by atoms with Crippen molar-refractivity contribution < 1.29 is 13.9 Å². The molecule has 2 heterocycles. The van der Waals surface area contributed by atoms with Crippen LogP contribution in [-0.2, 0) is 0 Å². The average Bonchev–Trinajstić information content (AvgIpc) is 2.93. The SMILES string of the molecule is Cc1cc2c(cc1C)C(=O)/C(=C/c1ccco1)O2. The van der Waals surface area contributed by atoms with E-state index in [-0.39, 0.29) is 5.78 Å². The van der Waals surface area contributed by atoms with Gasteiger partial charge in [-0.2, -0.15) is 0 Å². The normalized spacial score (nSPS) is 15.9. The van der Waals surface area contributed by atoms with Crippen LogP contribution in [-0.4, -0.2) is 5.78 Å². The zero-order valence-electron chi connectivity index (χ0n) is 10.2. The Morgan fingerprint density at radius 2 is 1.94 bits per heavy atom. The molecule has 1 aromatic carbocycles. The number of fused-ring (bicyclic) bond motifs is 1. The maximum Gasteiger partial charge on any atom is 0.232 e. The van der Waals surface area contributed by atoms with Crippen molar-refractivity contribution in [3.05, 3.63) is 58.7 Å². The number of allylic oxidation sites excluding steroid dienone is 1. The summed E-state index contributed by atoms with van der Waals surface area (Å²) in [5, 5.41) is 0. The number of hydrogen-bond acceptors (Lipinski definition) is 3. The summed E-state index contributed by atoms with van der Waals surface area (Å²) in [4.78, 5) is 12.2. The molecule has 0 bridgehead atoms. The van der Waals surface area contributed by atoms with Crippen LogP contribution in [0.5, 0.6) is 5.75 Å². The van der Waals surface area contributed by atoms with Crippen LogP contribution in [0.2, 0.25) is 0 Å². The van der Waals surface area contributed by atoms with Gasteiger partial charge in [-0.3, -0.25) is 4.79 Å². The molecular formula is C15H12O3. The van der Waals surface area contributed by atoms with Gasteiger partial charge in [0.05, 0.1) is 11.8 Å². The lowest BCUT2D eigenvalue weighted by atomic mass is 10.0. The summed E-state index contributed by atoms with van der Waals surface area (Å²) in [5.74, 6) is 1.45. The number of aryl methyl sites for hydroxylation is 2. The second kappa shape index (κ2) is 3.88. The molecule has 0 fully saturated rings. The van der Waals surface area contributed by atoms with Gasteiger partial charge in [0, 0.05) is 6.08 Å². The number of rotatable bonds is 1. The van der Waals surface area contributed by atoms with Gasteiger partial charge in [-0.1, -0.05) is 0 Å². The van der Waals surface area contributed by atoms with E-state index in [4.69, 9.17) is 9.15 Å². The third-order valence-electron chi connectivity index (χ3n) is 3.10. The van der Waals surface area contributed by atoms with Gasteiger partial charge in [-0.15, -0.1) is 0 Å². The minimum absolute atomic E-state index is 0.0931. The highest BCUT2D eigenvalue weighted by Gasteiger charge is 2.28. The molecule has 0 N–H and O–H groups in total. The van der Waals surface area contributed by atoms with E-state index in [1.807, 2.05) is 26.0 Å². The van der Waals surface area contributed by atoms with Crippen molar-refractivity contribution in [2.45, 2.75) is 13.8 Å². The third-order valence-corrected chi connectivity index (χ3v) is 3.10. The fourth-order valence-corrected chi connectivity index (χ4v) is 1.95. The predicted octanol–water partition coefficient (Wildman–Crippen LogP) is 3.51. The Kier molecular flexibility index (Phi) is 2.33. The van der Waals surface area contributed by atoms with Crippen LogP contribution in [0.3, 0.4) is 0 Å². The number of ether oxygens (including phenoxy) is 1. The summed E-state index contributed by atoms with van der Waals surface area (Å²) in [6.07, 6.45) is 3.18. The van der Waals surface area contributed by atoms with Gasteiger partial charge in [-0.25, -0.2) is 0 Å². The van der Waals surface area contributed by atoms with Crippen LogP contribution in [0.15, 0.2) is 40.7 Å². The van der Waals surface area contributed by atoms with E-state index < -0.39 is 0 Å². The highest BCUT2D eigenvalue weighted by molar-refractivity contribution is 6.14. The van der Waals surface area contributed by atoms with E-state index in [1.54, 1.807) is 24.5 Å². The van der Waals surface area contributed by atoms with E-state index in [0.717, 1.165) is 11.1 Å². The van der Waals surface area contributed by atoms with Crippen LogP contribution in [0, 0.1) is 13.8 Å². The number of carbonyl (C=O) groups is 1. The molecule has 3 heteroatoms. The molecule has 3 nitrogen and oxygen atoms in total. The lowest BCUT2D eigenvalue weighted by Crippen LogP contribution is -1.97. The molecule has 1 aliphatic heterocycles. The quantitative estimate of drug-likeness (QED) is 0.716. The molecule has 0 aliphatic carbocycles. The molecule has 0 unspecified atom stereocenters. The minimum Gasteiger partial charge on any atom is -0.465 e. The van der Waals surface area contributed by atoms with Gasteiger partial charge in [0.25, 0.3) is 0 Å². The molecule has 3 rings (SSSR count). The van der Waals surface area contributed by atoms with Gasteiger partial charge in [-0.05, 0) is 49.2 Å². The first-order valence-corrected chi connectivity index (χ1v) is 5.74. The molecule has 18 heavy (non-hydrogen) atoms. The summed E-state index contributed by atoms with van der Waals surface area (Å²) >= 11 is 0. The first-order chi connectivity index (χ1) is 8.65. The highest BCUT2D eigenvalue weighted by atomic mass is 16.5. The van der Waals surface area contributed by atoms with Crippen molar-refractivity contribution in [3.63, 3.8) is 0 Å². The van der Waals surface area contributed by atoms with Gasteiger partial charge < -0.3 is 9.15 Å². The highest BCUT2D eigenvalue weighted by Crippen LogP contribution is 2.33. The van der Waals surface area contributed by atoms with E-state index in [1.165, 1.54) is 0 Å². The number of benzene rings is 1. The fraction of sp³-hybridized carbons (Fsp3) is 0.133. The second-order valence-electron chi connectivity index (χ2n) is 4.39. The maximum absolute atomic E-state index is 12.2. The molecule has 90 valence electrons. The van der Waals surface area contributed by atoms with Crippen molar-refractivity contribution in [1.82, 2.24) is 0 Å². The summed E-state index contributed by atoms with van der Waals surface area (Å²) in [6, 6.07) is 7.32. The lowest BCUT2D eigenvalue weighted by Gasteiger charge is -2.02. The molecule has 0 saturated carbocycles. The fourth-order valence-electron chi connectivity index (χ4n) is 1.95. The number of furan rings is 1. The first kappa shape index (κ1) is 10.8. The Balaban J connectivity index is 2.04. The zero-order valence-corrected chi connectivity index (χ0v) is 10.2. The number of hydrogen-bond donors (Lipinski definition) is 0. The summed E-state index contributed by atoms with van der Waals surface area (Å²) < 4.78 is 10.8. The summed E-state index contributed by atoms with van der Waals surface area (Å²) in [6.45, 7) is 3.98. The Morgan fingerprint density at radius 1 is 1.17 bits per heavy atom. The van der Waals surface area contributed by atoms with Crippen LogP contribution < -0.4 is 4.74 Å². The Morgan fingerprint density at radius 3 is 2.67 bits per heavy atom. The molecule has 2 aromatic rings. The van der Waals surface area contributed by atoms with E-state index in [0.29, 0.717) is 22.8 Å². The van der Waals surface area contributed by atoms with E-state index >= 15 is 0 Å². The number of Topliss-reactive ketones (excluding diaryl/α,β-unsaturated/α-hetero) is 1. The largest absolute Gasteiger partial charge is 0.465 e. The van der Waals surface area contributed by atoms with Crippen molar-refractivity contribution in [2.24, 2.45) is 0 Å². The molecular weight excluding hydrogens is 228 g/mol. The van der Waals surface area contributed by atoms with Crippen molar-refractivity contribution in [2.75, 3.05) is 0 Å². The van der Waals surface area contributed by atoms with Crippen molar-refractivity contribution in [1.29, 1.82) is 0 Å². The third kappa shape index (κ3) is 1.64. The molecule has 0 saturated heterocycles. The van der Waals surface area contributed by atoms with Crippen LogP contribution in [0.25, 0.3) is 6.08 Å². The molecule has 0 atom stereocenters. The Bertz CT molecular complexity index is 649. The molecule has 1 aromatic heterocycles. The second-order valence-corrected chi connectivity index (χ2v) is 4.39. The topological polar surface area (TPSA) is 39.4 Å². The van der Waals surface area contributed by atoms with Crippen molar-refractivity contribution >= 4 is 11.9 Å². The standard InChI is InChI=1S/C15H12O3/c1-9-6-12-13(7-10(9)2)18-14(15(12)16)8-11-4-3-5-17-11/h3-8H,1-2H3/b14-8-. The minimum atomic E-state index is -0.0931. The van der Waals surface area contributed by atoms with Gasteiger partial charge in [0.1, 0.15) is 11.5 Å². The maximum atomic E-state index is 12.2. The summed E-state index contributed by atoms with van der Waals surface area (Å²) in [5.41, 5.74) is 2.82. The van der Waals surface area contributed by atoms with Crippen LogP contribution in [0.4, 0.5) is 0 Å². The van der Waals surface area contributed by atoms with Crippen LogP contribution in [0.1, 0.15) is 27.2 Å². The molecule has 0 amide bonds. The zero-order chi connectivity index (χ0) is 12.7.